The normalized spacial score (nSPS) is 17.5. The fourth-order valence-electron chi connectivity index (χ4n) is 3.63. The molecule has 1 aliphatic heterocycles. The Labute approximate surface area is 185 Å². The Morgan fingerprint density at radius 3 is 2.77 bits per heavy atom. The third-order valence-electron chi connectivity index (χ3n) is 5.08. The fourth-order valence-corrected chi connectivity index (χ4v) is 6.06. The molecule has 1 atom stereocenters. The number of aromatic nitrogens is 4. The quantitative estimate of drug-likeness (QED) is 0.566. The first-order valence-corrected chi connectivity index (χ1v) is 12.7. The second-order valence-electron chi connectivity index (χ2n) is 7.63. The highest BCUT2D eigenvalue weighted by atomic mass is 32.2. The molecule has 10 heteroatoms. The standard InChI is InChI=1S/C21H23N5O3S2/c1-14-5-6-18(15(2)10-14)26-20(16-4-3-8-22-11-16)24-25-21(26)30-12-19(27)23-17-7-9-31(28,29)13-17/h3-6,8,10-11,17H,7,9,12-13H2,1-2H3,(H,23,27). The lowest BCUT2D eigenvalue weighted by Gasteiger charge is -2.14. The number of hydrogen-bond donors (Lipinski definition) is 1. The number of rotatable bonds is 6. The van der Waals surface area contributed by atoms with Crippen LogP contribution >= 0.6 is 11.8 Å². The van der Waals surface area contributed by atoms with Crippen molar-refractivity contribution >= 4 is 27.5 Å². The Balaban J connectivity index is 1.59. The Kier molecular flexibility index (Phi) is 6.10. The van der Waals surface area contributed by atoms with E-state index < -0.39 is 9.84 Å². The lowest BCUT2D eigenvalue weighted by atomic mass is 10.1. The second kappa shape index (κ2) is 8.80. The van der Waals surface area contributed by atoms with Gasteiger partial charge in [-0.2, -0.15) is 0 Å². The molecular formula is C21H23N5O3S2. The Hall–Kier alpha value is -2.72. The van der Waals surface area contributed by atoms with Gasteiger partial charge < -0.3 is 5.32 Å². The molecule has 0 aliphatic carbocycles. The van der Waals surface area contributed by atoms with Gasteiger partial charge >= 0.3 is 0 Å². The molecule has 1 N–H and O–H groups in total. The van der Waals surface area contributed by atoms with Gasteiger partial charge in [0.25, 0.3) is 0 Å². The molecule has 1 aromatic carbocycles. The Morgan fingerprint density at radius 1 is 1.26 bits per heavy atom. The van der Waals surface area contributed by atoms with Crippen LogP contribution in [0.4, 0.5) is 0 Å². The van der Waals surface area contributed by atoms with Crippen molar-refractivity contribution in [1.29, 1.82) is 0 Å². The summed E-state index contributed by atoms with van der Waals surface area (Å²) >= 11 is 1.27. The van der Waals surface area contributed by atoms with Crippen molar-refractivity contribution in [2.24, 2.45) is 0 Å². The van der Waals surface area contributed by atoms with Crippen molar-refractivity contribution in [3.8, 4) is 17.1 Å². The molecule has 8 nitrogen and oxygen atoms in total. The zero-order chi connectivity index (χ0) is 22.0. The largest absolute Gasteiger partial charge is 0.352 e. The summed E-state index contributed by atoms with van der Waals surface area (Å²) < 4.78 is 25.2. The number of amides is 1. The maximum atomic E-state index is 12.4. The summed E-state index contributed by atoms with van der Waals surface area (Å²) in [5, 5.41) is 12.1. The first kappa shape index (κ1) is 21.5. The van der Waals surface area contributed by atoms with Crippen molar-refractivity contribution in [3.05, 3.63) is 53.9 Å². The van der Waals surface area contributed by atoms with Crippen LogP contribution in [0.25, 0.3) is 17.1 Å². The minimum atomic E-state index is -3.04. The molecule has 1 amide bonds. The van der Waals surface area contributed by atoms with E-state index in [1.165, 1.54) is 11.8 Å². The minimum Gasteiger partial charge on any atom is -0.352 e. The summed E-state index contributed by atoms with van der Waals surface area (Å²) in [6.45, 7) is 4.06. The van der Waals surface area contributed by atoms with Crippen LogP contribution in [0.3, 0.4) is 0 Å². The van der Waals surface area contributed by atoms with Crippen LogP contribution in [0.2, 0.25) is 0 Å². The van der Waals surface area contributed by atoms with E-state index in [-0.39, 0.29) is 29.2 Å². The fraction of sp³-hybridized carbons (Fsp3) is 0.333. The highest BCUT2D eigenvalue weighted by Crippen LogP contribution is 2.29. The number of nitrogens with one attached hydrogen (secondary N) is 1. The van der Waals surface area contributed by atoms with Gasteiger partial charge in [-0.1, -0.05) is 29.5 Å². The number of thioether (sulfide) groups is 1. The van der Waals surface area contributed by atoms with E-state index in [1.54, 1.807) is 12.4 Å². The van der Waals surface area contributed by atoms with Crippen molar-refractivity contribution in [2.45, 2.75) is 31.5 Å². The van der Waals surface area contributed by atoms with Crippen molar-refractivity contribution in [2.75, 3.05) is 17.3 Å². The van der Waals surface area contributed by atoms with Gasteiger partial charge in [0.1, 0.15) is 0 Å². The third kappa shape index (κ3) is 4.96. The molecule has 0 bridgehead atoms. The average molecular weight is 458 g/mol. The van der Waals surface area contributed by atoms with Crippen molar-refractivity contribution in [3.63, 3.8) is 0 Å². The SMILES string of the molecule is Cc1ccc(-n2c(SCC(=O)NC3CCS(=O)(=O)C3)nnc2-c2cccnc2)c(C)c1. The number of benzene rings is 1. The molecule has 1 saturated heterocycles. The van der Waals surface area contributed by atoms with Gasteiger partial charge in [0.05, 0.1) is 22.9 Å². The molecule has 3 aromatic rings. The number of aryl methyl sites for hydroxylation is 2. The molecule has 162 valence electrons. The molecule has 0 spiro atoms. The third-order valence-corrected chi connectivity index (χ3v) is 7.77. The van der Waals surface area contributed by atoms with E-state index in [0.717, 1.165) is 22.4 Å². The summed E-state index contributed by atoms with van der Waals surface area (Å²) in [4.78, 5) is 16.6. The van der Waals surface area contributed by atoms with E-state index in [0.29, 0.717) is 17.4 Å². The van der Waals surface area contributed by atoms with Gasteiger partial charge in [0.2, 0.25) is 5.91 Å². The van der Waals surface area contributed by atoms with Crippen molar-refractivity contribution < 1.29 is 13.2 Å². The second-order valence-corrected chi connectivity index (χ2v) is 10.8. The predicted molar refractivity (Wildman–Crippen MR) is 120 cm³/mol. The molecule has 1 aliphatic rings. The number of nitrogens with zero attached hydrogens (tertiary/aromatic N) is 4. The maximum Gasteiger partial charge on any atom is 0.230 e. The minimum absolute atomic E-state index is 0.00725. The highest BCUT2D eigenvalue weighted by molar-refractivity contribution is 7.99. The van der Waals surface area contributed by atoms with Crippen LogP contribution < -0.4 is 5.32 Å². The first-order chi connectivity index (χ1) is 14.8. The number of carbonyl (C=O) groups excluding carboxylic acids is 1. The lowest BCUT2D eigenvalue weighted by molar-refractivity contribution is -0.119. The van der Waals surface area contributed by atoms with Crippen LogP contribution in [0, 0.1) is 13.8 Å². The van der Waals surface area contributed by atoms with Gasteiger partial charge in [0, 0.05) is 24.0 Å². The molecule has 0 saturated carbocycles. The smallest absolute Gasteiger partial charge is 0.230 e. The first-order valence-electron chi connectivity index (χ1n) is 9.88. The van der Waals surface area contributed by atoms with Crippen LogP contribution in [-0.2, 0) is 14.6 Å². The lowest BCUT2D eigenvalue weighted by Crippen LogP contribution is -2.36. The molecule has 3 heterocycles. The predicted octanol–water partition coefficient (Wildman–Crippen LogP) is 2.34. The summed E-state index contributed by atoms with van der Waals surface area (Å²) in [6, 6.07) is 9.56. The summed E-state index contributed by atoms with van der Waals surface area (Å²) in [5.41, 5.74) is 3.96. The summed E-state index contributed by atoms with van der Waals surface area (Å²) in [5.74, 6) is 0.676. The molecule has 31 heavy (non-hydrogen) atoms. The molecule has 2 aromatic heterocycles. The van der Waals surface area contributed by atoms with E-state index in [4.69, 9.17) is 0 Å². The number of carbonyl (C=O) groups is 1. The van der Waals surface area contributed by atoms with Crippen LogP contribution in [0.5, 0.6) is 0 Å². The van der Waals surface area contributed by atoms with E-state index in [2.05, 4.69) is 26.6 Å². The monoisotopic (exact) mass is 457 g/mol. The molecule has 4 rings (SSSR count). The average Bonchev–Trinajstić information content (AvgIpc) is 3.30. The van der Waals surface area contributed by atoms with Crippen LogP contribution in [0.15, 0.2) is 47.9 Å². The number of pyridine rings is 1. The number of sulfone groups is 1. The zero-order valence-electron chi connectivity index (χ0n) is 17.3. The van der Waals surface area contributed by atoms with E-state index in [9.17, 15) is 13.2 Å². The van der Waals surface area contributed by atoms with E-state index >= 15 is 0 Å². The van der Waals surface area contributed by atoms with Crippen LogP contribution in [0.1, 0.15) is 17.5 Å². The van der Waals surface area contributed by atoms with Crippen LogP contribution in [-0.4, -0.2) is 57.4 Å². The van der Waals surface area contributed by atoms with Gasteiger partial charge in [-0.3, -0.25) is 14.3 Å². The van der Waals surface area contributed by atoms with Gasteiger partial charge in [-0.25, -0.2) is 8.42 Å². The summed E-state index contributed by atoms with van der Waals surface area (Å²) in [7, 11) is -3.04. The molecule has 1 unspecified atom stereocenters. The maximum absolute atomic E-state index is 12.4. The molecule has 0 radical (unpaired) electrons. The topological polar surface area (TPSA) is 107 Å². The zero-order valence-corrected chi connectivity index (χ0v) is 18.9. The number of hydrogen-bond acceptors (Lipinski definition) is 7. The van der Waals surface area contributed by atoms with Gasteiger partial charge in [0.15, 0.2) is 20.8 Å². The Morgan fingerprint density at radius 2 is 2.10 bits per heavy atom. The van der Waals surface area contributed by atoms with Crippen molar-refractivity contribution in [1.82, 2.24) is 25.1 Å². The van der Waals surface area contributed by atoms with Gasteiger partial charge in [-0.05, 0) is 44.0 Å². The highest BCUT2D eigenvalue weighted by Gasteiger charge is 2.29. The Bertz CT molecular complexity index is 1210. The van der Waals surface area contributed by atoms with E-state index in [1.807, 2.05) is 42.7 Å². The van der Waals surface area contributed by atoms with Gasteiger partial charge in [-0.15, -0.1) is 10.2 Å². The molecular weight excluding hydrogens is 434 g/mol. The summed E-state index contributed by atoms with van der Waals surface area (Å²) in [6.07, 6.45) is 3.89. The molecule has 1 fully saturated rings.